The summed E-state index contributed by atoms with van der Waals surface area (Å²) in [4.78, 5) is 3.74. The molecule has 3 heteroatoms. The van der Waals surface area contributed by atoms with E-state index < -0.39 is 0 Å². The number of hydrogen-bond donors (Lipinski definition) is 0. The number of aromatic nitrogens is 3. The van der Waals surface area contributed by atoms with Crippen LogP contribution in [0.5, 0.6) is 0 Å². The van der Waals surface area contributed by atoms with Gasteiger partial charge in [0, 0.05) is 12.6 Å². The van der Waals surface area contributed by atoms with Gasteiger partial charge in [-0.15, -0.1) is 5.10 Å². The van der Waals surface area contributed by atoms with Crippen LogP contribution in [0.4, 0.5) is 0 Å². The first-order chi connectivity index (χ1) is 3.93. The molecule has 0 atom stereocenters. The van der Waals surface area contributed by atoms with Gasteiger partial charge in [-0.3, -0.25) is 0 Å². The summed E-state index contributed by atoms with van der Waals surface area (Å²) in [5.74, 6) is 0.451. The van der Waals surface area contributed by atoms with Crippen LogP contribution in [-0.2, 0) is 0 Å². The van der Waals surface area contributed by atoms with Crippen LogP contribution in [0.3, 0.4) is 0 Å². The molecular weight excluding hydrogens is 102 g/mol. The first-order valence-corrected chi connectivity index (χ1v) is 2.12. The van der Waals surface area contributed by atoms with Gasteiger partial charge < -0.3 is 0 Å². The van der Waals surface area contributed by atoms with Gasteiger partial charge in [-0.2, -0.15) is 5.10 Å². The van der Waals surface area contributed by atoms with E-state index in [0.717, 1.165) is 0 Å². The van der Waals surface area contributed by atoms with Crippen molar-refractivity contribution in [1.82, 2.24) is 15.2 Å². The second-order valence-electron chi connectivity index (χ2n) is 1.17. The molecule has 0 aliphatic rings. The van der Waals surface area contributed by atoms with E-state index in [1.807, 2.05) is 0 Å². The Morgan fingerprint density at radius 2 is 2.38 bits per heavy atom. The molecular formula is C5H4N3. The second kappa shape index (κ2) is 2.35. The highest BCUT2D eigenvalue weighted by Crippen LogP contribution is 1.84. The molecule has 1 aromatic heterocycles. The van der Waals surface area contributed by atoms with E-state index in [1.165, 1.54) is 18.8 Å². The van der Waals surface area contributed by atoms with Crippen LogP contribution in [-0.4, -0.2) is 15.2 Å². The lowest BCUT2D eigenvalue weighted by Gasteiger charge is -1.85. The van der Waals surface area contributed by atoms with Crippen molar-refractivity contribution >= 4 is 0 Å². The van der Waals surface area contributed by atoms with Crippen LogP contribution in [0.1, 0.15) is 5.82 Å². The summed E-state index contributed by atoms with van der Waals surface area (Å²) in [7, 11) is 0. The molecule has 0 amide bonds. The predicted molar refractivity (Wildman–Crippen MR) is 27.5 cm³/mol. The average Bonchev–Trinajstić information content (AvgIpc) is 1.90. The van der Waals surface area contributed by atoms with Crippen molar-refractivity contribution in [2.75, 3.05) is 0 Å². The molecule has 39 valence electrons. The van der Waals surface area contributed by atoms with Gasteiger partial charge in [0.05, 0.1) is 6.20 Å². The third-order valence-electron chi connectivity index (χ3n) is 0.649. The largest absolute Gasteiger partial charge is 0.237 e. The fraction of sp³-hybridized carbons (Fsp3) is 0. The van der Waals surface area contributed by atoms with Gasteiger partial charge in [0.25, 0.3) is 0 Å². The van der Waals surface area contributed by atoms with Gasteiger partial charge in [-0.25, -0.2) is 4.98 Å². The predicted octanol–water partition coefficient (Wildman–Crippen LogP) is 0.135. The summed E-state index contributed by atoms with van der Waals surface area (Å²) < 4.78 is 0. The maximum atomic E-state index is 5.06. The van der Waals surface area contributed by atoms with Crippen molar-refractivity contribution in [2.45, 2.75) is 0 Å². The molecule has 0 aromatic carbocycles. The molecule has 0 unspecified atom stereocenters. The Morgan fingerprint density at radius 1 is 1.50 bits per heavy atom. The Kier molecular flexibility index (Phi) is 1.51. The Morgan fingerprint density at radius 3 is 2.75 bits per heavy atom. The molecule has 0 saturated carbocycles. The standard InChI is InChI=1S/C5H4N3/c1-2-5-6-3-4-7-8-5/h1-4H. The maximum absolute atomic E-state index is 5.06. The van der Waals surface area contributed by atoms with Gasteiger partial charge in [-0.05, 0) is 6.92 Å². The third-order valence-corrected chi connectivity index (χ3v) is 0.649. The summed E-state index contributed by atoms with van der Waals surface area (Å²) in [5.41, 5.74) is 0. The van der Waals surface area contributed by atoms with Crippen LogP contribution in [0.25, 0.3) is 0 Å². The molecule has 0 fully saturated rings. The van der Waals surface area contributed by atoms with E-state index >= 15 is 0 Å². The highest BCUT2D eigenvalue weighted by molar-refractivity contribution is 4.98. The van der Waals surface area contributed by atoms with Gasteiger partial charge in [0.2, 0.25) is 0 Å². The Balaban J connectivity index is 2.83. The minimum atomic E-state index is 0.451. The van der Waals surface area contributed by atoms with Crippen molar-refractivity contribution in [1.29, 1.82) is 0 Å². The minimum Gasteiger partial charge on any atom is -0.237 e. The van der Waals surface area contributed by atoms with Crippen molar-refractivity contribution in [3.8, 4) is 0 Å². The van der Waals surface area contributed by atoms with E-state index in [0.29, 0.717) is 5.82 Å². The monoisotopic (exact) mass is 106 g/mol. The zero-order valence-electron chi connectivity index (χ0n) is 4.15. The van der Waals surface area contributed by atoms with Crippen LogP contribution in [0.15, 0.2) is 12.4 Å². The van der Waals surface area contributed by atoms with E-state index in [1.54, 1.807) is 0 Å². The molecule has 0 spiro atoms. The van der Waals surface area contributed by atoms with Crippen molar-refractivity contribution in [2.24, 2.45) is 0 Å². The number of nitrogens with zero attached hydrogens (tertiary/aromatic N) is 3. The molecule has 0 aliphatic heterocycles. The minimum absolute atomic E-state index is 0.451. The Hall–Kier alpha value is -0.990. The van der Waals surface area contributed by atoms with Crippen LogP contribution >= 0.6 is 0 Å². The first-order valence-electron chi connectivity index (χ1n) is 2.12. The summed E-state index contributed by atoms with van der Waals surface area (Å²) in [5, 5.41) is 7.09. The van der Waals surface area contributed by atoms with Crippen molar-refractivity contribution in [3.05, 3.63) is 31.6 Å². The Labute approximate surface area is 47.8 Å². The maximum Gasteiger partial charge on any atom is 0.154 e. The zero-order chi connectivity index (χ0) is 5.82. The summed E-state index contributed by atoms with van der Waals surface area (Å²) in [6, 6.07) is 0. The van der Waals surface area contributed by atoms with Gasteiger partial charge in [-0.1, -0.05) is 0 Å². The molecule has 3 radical (unpaired) electrons. The van der Waals surface area contributed by atoms with Gasteiger partial charge in [0.1, 0.15) is 0 Å². The van der Waals surface area contributed by atoms with Gasteiger partial charge >= 0.3 is 0 Å². The lowest BCUT2D eigenvalue weighted by molar-refractivity contribution is 0.924. The third kappa shape index (κ3) is 0.992. The molecule has 0 saturated heterocycles. The molecule has 1 aromatic rings. The lowest BCUT2D eigenvalue weighted by Crippen LogP contribution is -1.90. The zero-order valence-corrected chi connectivity index (χ0v) is 4.15. The van der Waals surface area contributed by atoms with Crippen molar-refractivity contribution < 1.29 is 0 Å². The quantitative estimate of drug-likeness (QED) is 0.511. The first kappa shape index (κ1) is 5.15. The van der Waals surface area contributed by atoms with Gasteiger partial charge in [0.15, 0.2) is 5.82 Å². The van der Waals surface area contributed by atoms with E-state index in [2.05, 4.69) is 15.2 Å². The average molecular weight is 106 g/mol. The fourth-order valence-electron chi connectivity index (χ4n) is 0.334. The van der Waals surface area contributed by atoms with Crippen LogP contribution in [0.2, 0.25) is 0 Å². The number of hydrogen-bond acceptors (Lipinski definition) is 3. The highest BCUT2D eigenvalue weighted by atomic mass is 15.1. The van der Waals surface area contributed by atoms with E-state index in [4.69, 9.17) is 6.92 Å². The molecule has 0 N–H and O–H groups in total. The fourth-order valence-corrected chi connectivity index (χ4v) is 0.334. The van der Waals surface area contributed by atoms with E-state index in [-0.39, 0.29) is 0 Å². The highest BCUT2D eigenvalue weighted by Gasteiger charge is 1.85. The van der Waals surface area contributed by atoms with Crippen LogP contribution in [0, 0.1) is 13.3 Å². The molecule has 1 rings (SSSR count). The van der Waals surface area contributed by atoms with E-state index in [9.17, 15) is 0 Å². The molecule has 8 heavy (non-hydrogen) atoms. The summed E-state index contributed by atoms with van der Waals surface area (Å²) >= 11 is 0. The second-order valence-corrected chi connectivity index (χ2v) is 1.17. The van der Waals surface area contributed by atoms with Crippen LogP contribution < -0.4 is 0 Å². The smallest absolute Gasteiger partial charge is 0.154 e. The summed E-state index contributed by atoms with van der Waals surface area (Å²) in [6.45, 7) is 5.06. The van der Waals surface area contributed by atoms with Crippen molar-refractivity contribution in [3.63, 3.8) is 0 Å². The molecule has 0 aliphatic carbocycles. The normalized spacial score (nSPS) is 9.12. The molecule has 0 bridgehead atoms. The molecule has 3 nitrogen and oxygen atoms in total. The SMILES string of the molecule is [CH][CH]c1nccnn1. The number of rotatable bonds is 1. The lowest BCUT2D eigenvalue weighted by atomic mass is 10.5. The Bertz CT molecular complexity index is 149. The molecule has 1 heterocycles. The summed E-state index contributed by atoms with van der Waals surface area (Å²) in [6.07, 6.45) is 4.33. The topological polar surface area (TPSA) is 38.7 Å².